The van der Waals surface area contributed by atoms with E-state index in [1.54, 1.807) is 0 Å². The van der Waals surface area contributed by atoms with E-state index in [0.717, 1.165) is 0 Å². The quantitative estimate of drug-likeness (QED) is 0.431. The Morgan fingerprint density at radius 3 is 2.77 bits per heavy atom. The molecule has 0 spiro atoms. The van der Waals surface area contributed by atoms with Gasteiger partial charge in [0.1, 0.15) is 0 Å². The van der Waals surface area contributed by atoms with E-state index >= 15 is 0 Å². The van der Waals surface area contributed by atoms with Crippen molar-refractivity contribution in [3.63, 3.8) is 0 Å². The van der Waals surface area contributed by atoms with E-state index in [0.29, 0.717) is 5.56 Å². The molecule has 0 aliphatic heterocycles. The highest BCUT2D eigenvalue weighted by Crippen LogP contribution is 2.17. The Hall–Kier alpha value is -1.82. The summed E-state index contributed by atoms with van der Waals surface area (Å²) in [5.41, 5.74) is 5.50. The summed E-state index contributed by atoms with van der Waals surface area (Å²) in [4.78, 5) is 19.8. The van der Waals surface area contributed by atoms with Gasteiger partial charge in [-0.05, 0) is 5.18 Å². The van der Waals surface area contributed by atoms with Crippen LogP contribution in [0.1, 0.15) is 11.7 Å². The van der Waals surface area contributed by atoms with Crippen molar-refractivity contribution < 1.29 is 4.92 Å². The van der Waals surface area contributed by atoms with Crippen molar-refractivity contribution >= 4 is 5.69 Å². The van der Waals surface area contributed by atoms with Crippen LogP contribution >= 0.6 is 0 Å². The molecule has 1 atom stereocenters. The molecule has 0 radical (unpaired) electrons. The van der Waals surface area contributed by atoms with Gasteiger partial charge in [-0.25, -0.2) is 0 Å². The summed E-state index contributed by atoms with van der Waals surface area (Å²) in [6.07, 6.45) is -1.04. The molecule has 0 bridgehead atoms. The first-order chi connectivity index (χ1) is 6.15. The number of non-ortho nitro benzene ring substituents is 1. The van der Waals surface area contributed by atoms with Gasteiger partial charge in [0.05, 0.1) is 4.92 Å². The molecule has 2 N–H and O–H groups in total. The van der Waals surface area contributed by atoms with E-state index in [1.165, 1.54) is 24.3 Å². The van der Waals surface area contributed by atoms with E-state index in [2.05, 4.69) is 5.18 Å². The number of nitro benzene ring substituents is 1. The van der Waals surface area contributed by atoms with Gasteiger partial charge in [0, 0.05) is 17.7 Å². The second kappa shape index (κ2) is 3.72. The molecule has 0 aliphatic rings. The fourth-order valence-corrected chi connectivity index (χ4v) is 0.883. The maximum Gasteiger partial charge on any atom is 0.269 e. The van der Waals surface area contributed by atoms with Crippen LogP contribution in [0.5, 0.6) is 0 Å². The minimum Gasteiger partial charge on any atom is -0.303 e. The summed E-state index contributed by atoms with van der Waals surface area (Å²) >= 11 is 0. The number of hydrogen-bond acceptors (Lipinski definition) is 5. The molecular formula is C7H7N3O3. The van der Waals surface area contributed by atoms with Gasteiger partial charge >= 0.3 is 0 Å². The van der Waals surface area contributed by atoms with Gasteiger partial charge in [0.2, 0.25) is 0 Å². The highest BCUT2D eigenvalue weighted by molar-refractivity contribution is 5.35. The van der Waals surface area contributed by atoms with E-state index in [9.17, 15) is 15.0 Å². The molecule has 0 amide bonds. The Morgan fingerprint density at radius 2 is 2.23 bits per heavy atom. The summed E-state index contributed by atoms with van der Waals surface area (Å²) in [7, 11) is 0. The SMILES string of the molecule is N[C@H](N=O)c1cccc([N+](=O)[O-])c1. The normalized spacial score (nSPS) is 12.1. The maximum atomic E-state index is 10.3. The van der Waals surface area contributed by atoms with Crippen molar-refractivity contribution in [2.24, 2.45) is 10.9 Å². The number of nitrogens with zero attached hydrogens (tertiary/aromatic N) is 2. The predicted molar refractivity (Wildman–Crippen MR) is 45.8 cm³/mol. The van der Waals surface area contributed by atoms with E-state index in [1.807, 2.05) is 0 Å². The molecular weight excluding hydrogens is 174 g/mol. The number of nitroso groups, excluding NO2 is 1. The predicted octanol–water partition coefficient (Wildman–Crippen LogP) is 1.32. The Balaban J connectivity index is 3.04. The minimum atomic E-state index is -1.04. The third kappa shape index (κ3) is 2.06. The van der Waals surface area contributed by atoms with Gasteiger partial charge in [0.25, 0.3) is 5.69 Å². The second-order valence-corrected chi connectivity index (χ2v) is 2.40. The lowest BCUT2D eigenvalue weighted by Gasteiger charge is -2.01. The molecule has 1 aromatic rings. The van der Waals surface area contributed by atoms with E-state index in [-0.39, 0.29) is 5.69 Å². The summed E-state index contributed by atoms with van der Waals surface area (Å²) < 4.78 is 0. The van der Waals surface area contributed by atoms with Gasteiger partial charge in [-0.1, -0.05) is 12.1 Å². The summed E-state index contributed by atoms with van der Waals surface area (Å²) in [5.74, 6) is 0. The van der Waals surface area contributed by atoms with Crippen molar-refractivity contribution in [3.05, 3.63) is 44.9 Å². The third-order valence-corrected chi connectivity index (χ3v) is 1.54. The molecule has 0 heterocycles. The number of nitrogens with two attached hydrogens (primary N) is 1. The van der Waals surface area contributed by atoms with Crippen molar-refractivity contribution in [3.8, 4) is 0 Å². The molecule has 1 aromatic carbocycles. The number of rotatable bonds is 3. The highest BCUT2D eigenvalue weighted by Gasteiger charge is 2.10. The van der Waals surface area contributed by atoms with Crippen molar-refractivity contribution in [1.29, 1.82) is 0 Å². The van der Waals surface area contributed by atoms with Gasteiger partial charge in [-0.3, -0.25) is 10.1 Å². The smallest absolute Gasteiger partial charge is 0.269 e. The van der Waals surface area contributed by atoms with Crippen LogP contribution in [0.25, 0.3) is 0 Å². The van der Waals surface area contributed by atoms with Crippen LogP contribution < -0.4 is 5.73 Å². The fourth-order valence-electron chi connectivity index (χ4n) is 0.883. The van der Waals surface area contributed by atoms with Gasteiger partial charge in [0.15, 0.2) is 6.17 Å². The molecule has 1 rings (SSSR count). The molecule has 0 aromatic heterocycles. The second-order valence-electron chi connectivity index (χ2n) is 2.40. The summed E-state index contributed by atoms with van der Waals surface area (Å²) in [6, 6.07) is 5.52. The van der Waals surface area contributed by atoms with Gasteiger partial charge in [-0.2, -0.15) is 0 Å². The van der Waals surface area contributed by atoms with Crippen molar-refractivity contribution in [1.82, 2.24) is 0 Å². The highest BCUT2D eigenvalue weighted by atomic mass is 16.6. The third-order valence-electron chi connectivity index (χ3n) is 1.54. The zero-order chi connectivity index (χ0) is 9.84. The van der Waals surface area contributed by atoms with Crippen molar-refractivity contribution in [2.45, 2.75) is 6.17 Å². The molecule has 68 valence electrons. The first-order valence-electron chi connectivity index (χ1n) is 3.47. The van der Waals surface area contributed by atoms with Crippen LogP contribution in [0, 0.1) is 15.0 Å². The average molecular weight is 181 g/mol. The van der Waals surface area contributed by atoms with Gasteiger partial charge in [-0.15, -0.1) is 4.91 Å². The van der Waals surface area contributed by atoms with Crippen LogP contribution in [-0.2, 0) is 0 Å². The standard InChI is InChI=1S/C7H7N3O3/c8-7(9-11)5-2-1-3-6(4-5)10(12)13/h1-4,7H,8H2/t7-/m1/s1. The number of nitro groups is 1. The number of benzene rings is 1. The maximum absolute atomic E-state index is 10.3. The Labute approximate surface area is 73.5 Å². The lowest BCUT2D eigenvalue weighted by atomic mass is 10.1. The lowest BCUT2D eigenvalue weighted by Crippen LogP contribution is -2.06. The zero-order valence-electron chi connectivity index (χ0n) is 6.58. The molecule has 0 saturated heterocycles. The Morgan fingerprint density at radius 1 is 1.54 bits per heavy atom. The largest absolute Gasteiger partial charge is 0.303 e. The molecule has 6 nitrogen and oxygen atoms in total. The minimum absolute atomic E-state index is 0.100. The van der Waals surface area contributed by atoms with E-state index < -0.39 is 11.1 Å². The first-order valence-corrected chi connectivity index (χ1v) is 3.47. The van der Waals surface area contributed by atoms with Gasteiger partial charge < -0.3 is 5.73 Å². The monoisotopic (exact) mass is 181 g/mol. The Kier molecular flexibility index (Phi) is 2.65. The molecule has 0 aliphatic carbocycles. The molecule has 13 heavy (non-hydrogen) atoms. The molecule has 0 fully saturated rings. The molecule has 6 heteroatoms. The Bertz CT molecular complexity index is 340. The summed E-state index contributed by atoms with van der Waals surface area (Å²) in [5, 5.41) is 12.9. The topological polar surface area (TPSA) is 98.6 Å². The van der Waals surface area contributed by atoms with E-state index in [4.69, 9.17) is 5.73 Å². The number of hydrogen-bond donors (Lipinski definition) is 1. The summed E-state index contributed by atoms with van der Waals surface area (Å²) in [6.45, 7) is 0. The molecule has 0 saturated carbocycles. The van der Waals surface area contributed by atoms with Crippen LogP contribution in [0.2, 0.25) is 0 Å². The van der Waals surface area contributed by atoms with Crippen LogP contribution in [0.4, 0.5) is 5.69 Å². The zero-order valence-corrected chi connectivity index (χ0v) is 6.58. The molecule has 0 unspecified atom stereocenters. The first kappa shape index (κ1) is 9.27. The lowest BCUT2D eigenvalue weighted by molar-refractivity contribution is -0.384. The van der Waals surface area contributed by atoms with Crippen molar-refractivity contribution in [2.75, 3.05) is 0 Å². The fraction of sp³-hybridized carbons (Fsp3) is 0.143. The van der Waals surface area contributed by atoms with Crippen LogP contribution in [0.3, 0.4) is 0 Å². The van der Waals surface area contributed by atoms with Crippen LogP contribution in [0.15, 0.2) is 29.4 Å². The average Bonchev–Trinajstić information content (AvgIpc) is 2.17. The van der Waals surface area contributed by atoms with Crippen LogP contribution in [-0.4, -0.2) is 4.92 Å².